The maximum atomic E-state index is 13.0. The van der Waals surface area contributed by atoms with Crippen LogP contribution in [-0.4, -0.2) is 32.6 Å². The lowest BCUT2D eigenvalue weighted by Gasteiger charge is -2.26. The summed E-state index contributed by atoms with van der Waals surface area (Å²) in [7, 11) is 0. The number of thioether (sulfide) groups is 1. The number of rotatable bonds is 5. The van der Waals surface area contributed by atoms with Gasteiger partial charge in [-0.2, -0.15) is 13.2 Å². The largest absolute Gasteiger partial charge is 0.498 e. The van der Waals surface area contributed by atoms with E-state index in [4.69, 9.17) is 16.7 Å². The van der Waals surface area contributed by atoms with Crippen LogP contribution in [0.15, 0.2) is 10.6 Å². The van der Waals surface area contributed by atoms with E-state index in [2.05, 4.69) is 12.2 Å². The summed E-state index contributed by atoms with van der Waals surface area (Å²) in [6, 6.07) is 0. The van der Waals surface area contributed by atoms with Crippen LogP contribution in [0.2, 0.25) is 0 Å². The average molecular weight is 320 g/mol. The van der Waals surface area contributed by atoms with Crippen LogP contribution in [0.25, 0.3) is 0 Å². The van der Waals surface area contributed by atoms with Gasteiger partial charge in [-0.15, -0.1) is 0 Å². The fraction of sp³-hybridized carbons (Fsp3) is 0.700. The van der Waals surface area contributed by atoms with Crippen LogP contribution in [0.5, 0.6) is 0 Å². The van der Waals surface area contributed by atoms with Crippen LogP contribution in [0.1, 0.15) is 26.2 Å². The molecule has 0 saturated heterocycles. The van der Waals surface area contributed by atoms with Crippen LogP contribution in [0.3, 0.4) is 0 Å². The quantitative estimate of drug-likeness (QED) is 0.351. The summed E-state index contributed by atoms with van der Waals surface area (Å²) in [5.74, 6) is 0. The molecule has 0 aromatic rings. The Bertz CT molecular complexity index is 360. The second kappa shape index (κ2) is 6.34. The Labute approximate surface area is 118 Å². The predicted molar refractivity (Wildman–Crippen MR) is 71.8 cm³/mol. The van der Waals surface area contributed by atoms with Gasteiger partial charge in [-0.05, 0) is 18.6 Å². The number of aliphatic hydroxyl groups is 1. The molecule has 0 spiro atoms. The molecular weight excluding hydrogens is 307 g/mol. The average Bonchev–Trinajstić information content (AvgIpc) is 2.56. The Morgan fingerprint density at radius 3 is 2.56 bits per heavy atom. The molecule has 8 heteroatoms. The second-order valence-corrected chi connectivity index (χ2v) is 5.94. The summed E-state index contributed by atoms with van der Waals surface area (Å²) in [6.07, 6.45) is -2.21. The fourth-order valence-electron chi connectivity index (χ4n) is 1.64. The lowest BCUT2D eigenvalue weighted by atomic mass is 10.2. The highest BCUT2D eigenvalue weighted by Gasteiger charge is 2.47. The third kappa shape index (κ3) is 3.68. The molecule has 0 aliphatic carbocycles. The van der Waals surface area contributed by atoms with Crippen molar-refractivity contribution >= 4 is 40.6 Å². The van der Waals surface area contributed by atoms with Gasteiger partial charge >= 0.3 is 6.18 Å². The molecule has 1 aliphatic rings. The number of nitrogens with zero attached hydrogens (tertiary/aromatic N) is 1. The van der Waals surface area contributed by atoms with Crippen molar-refractivity contribution in [2.75, 3.05) is 6.54 Å². The number of hydrogen-bond acceptors (Lipinski definition) is 3. The molecular formula is C10H13ClF3NOS2. The van der Waals surface area contributed by atoms with Crippen molar-refractivity contribution in [2.24, 2.45) is 0 Å². The minimum Gasteiger partial charge on any atom is -0.498 e. The van der Waals surface area contributed by atoms with Crippen LogP contribution in [0.4, 0.5) is 13.2 Å². The summed E-state index contributed by atoms with van der Waals surface area (Å²) in [4.78, 5) is -0.174. The molecule has 1 rings (SSSR count). The molecule has 0 amide bonds. The van der Waals surface area contributed by atoms with E-state index >= 15 is 0 Å². The topological polar surface area (TPSA) is 23.5 Å². The van der Waals surface area contributed by atoms with Gasteiger partial charge in [0.2, 0.25) is 0 Å². The van der Waals surface area contributed by atoms with E-state index in [9.17, 15) is 13.2 Å². The van der Waals surface area contributed by atoms with E-state index in [0.29, 0.717) is 6.42 Å². The summed E-state index contributed by atoms with van der Waals surface area (Å²) < 4.78 is 38.9. The maximum absolute atomic E-state index is 13.0. The zero-order valence-corrected chi connectivity index (χ0v) is 12.0. The molecule has 2 nitrogen and oxygen atoms in total. The predicted octanol–water partition coefficient (Wildman–Crippen LogP) is 4.41. The molecule has 0 saturated carbocycles. The standard InChI is InChI=1S/C10H13ClF3NOS2/c1-2-3-4-5-15-7(10(12,13)14)6(8(16)17)18-9(15)11/h9H,2-5H2,1H3,(H,16,17). The molecule has 1 unspecified atom stereocenters. The van der Waals surface area contributed by atoms with E-state index in [-0.39, 0.29) is 11.4 Å². The number of hydrogen-bond donors (Lipinski definition) is 1. The van der Waals surface area contributed by atoms with Crippen LogP contribution in [0, 0.1) is 0 Å². The first-order valence-corrected chi connectivity index (χ1v) is 7.13. The SMILES string of the molecule is CCCCCN1C(C(F)(F)F)=C(C(O)=S)SC1Cl. The molecule has 0 radical (unpaired) electrons. The first-order valence-electron chi connectivity index (χ1n) is 5.41. The highest BCUT2D eigenvalue weighted by atomic mass is 35.5. The smallest absolute Gasteiger partial charge is 0.432 e. The maximum Gasteiger partial charge on any atom is 0.432 e. The second-order valence-electron chi connectivity index (χ2n) is 3.79. The number of unbranched alkanes of at least 4 members (excludes halogenated alkanes) is 2. The molecule has 1 N–H and O–H groups in total. The van der Waals surface area contributed by atoms with E-state index in [1.165, 1.54) is 0 Å². The molecule has 1 heterocycles. The lowest BCUT2D eigenvalue weighted by molar-refractivity contribution is -0.110. The van der Waals surface area contributed by atoms with Crippen molar-refractivity contribution in [2.45, 2.75) is 37.2 Å². The Hall–Kier alpha value is -0.140. The Morgan fingerprint density at radius 2 is 2.11 bits per heavy atom. The van der Waals surface area contributed by atoms with Crippen LogP contribution in [-0.2, 0) is 0 Å². The number of thiocarbonyl (C=S) groups is 1. The van der Waals surface area contributed by atoms with Crippen LogP contribution < -0.4 is 0 Å². The van der Waals surface area contributed by atoms with Crippen molar-refractivity contribution in [3.8, 4) is 0 Å². The van der Waals surface area contributed by atoms with Gasteiger partial charge in [0.1, 0.15) is 5.70 Å². The zero-order valence-electron chi connectivity index (χ0n) is 9.63. The zero-order chi connectivity index (χ0) is 13.9. The number of allylic oxidation sites excluding steroid dienone is 1. The third-order valence-electron chi connectivity index (χ3n) is 2.43. The summed E-state index contributed by atoms with van der Waals surface area (Å²) in [5.41, 5.74) is -0.920. The number of halogens is 4. The van der Waals surface area contributed by atoms with E-state index in [1.807, 2.05) is 6.92 Å². The van der Waals surface area contributed by atoms with E-state index in [1.54, 1.807) is 0 Å². The summed E-state index contributed by atoms with van der Waals surface area (Å²) >= 11 is 11.0. The van der Waals surface area contributed by atoms with Gasteiger partial charge < -0.3 is 10.0 Å². The molecule has 0 fully saturated rings. The number of aliphatic hydroxyl groups excluding tert-OH is 1. The van der Waals surface area contributed by atoms with E-state index in [0.717, 1.165) is 29.5 Å². The van der Waals surface area contributed by atoms with Gasteiger partial charge in [0, 0.05) is 6.54 Å². The van der Waals surface area contributed by atoms with Crippen molar-refractivity contribution in [1.29, 1.82) is 0 Å². The summed E-state index contributed by atoms with van der Waals surface area (Å²) in [6.45, 7) is 2.17. The van der Waals surface area contributed by atoms with Gasteiger partial charge in [0.05, 0.1) is 4.91 Å². The molecule has 18 heavy (non-hydrogen) atoms. The minimum absolute atomic E-state index is 0.204. The molecule has 104 valence electrons. The third-order valence-corrected chi connectivity index (χ3v) is 4.34. The van der Waals surface area contributed by atoms with Gasteiger partial charge in [-0.1, -0.05) is 43.1 Å². The first kappa shape index (κ1) is 15.9. The van der Waals surface area contributed by atoms with Gasteiger partial charge in [0.25, 0.3) is 0 Å². The van der Waals surface area contributed by atoms with Crippen molar-refractivity contribution < 1.29 is 18.3 Å². The minimum atomic E-state index is -4.56. The Morgan fingerprint density at radius 1 is 1.50 bits per heavy atom. The highest BCUT2D eigenvalue weighted by Crippen LogP contribution is 2.47. The first-order chi connectivity index (χ1) is 8.29. The Kier molecular flexibility index (Phi) is 5.61. The molecule has 0 aromatic heterocycles. The monoisotopic (exact) mass is 319 g/mol. The normalized spacial score (nSPS) is 20.7. The molecule has 1 aliphatic heterocycles. The molecule has 1 atom stereocenters. The summed E-state index contributed by atoms with van der Waals surface area (Å²) in [5, 5.41) is 8.41. The Balaban J connectivity index is 2.96. The fourth-order valence-corrected chi connectivity index (χ4v) is 3.32. The van der Waals surface area contributed by atoms with Crippen molar-refractivity contribution in [3.63, 3.8) is 0 Å². The van der Waals surface area contributed by atoms with Crippen molar-refractivity contribution in [3.05, 3.63) is 10.6 Å². The van der Waals surface area contributed by atoms with Crippen LogP contribution >= 0.6 is 35.6 Å². The molecule has 0 bridgehead atoms. The van der Waals surface area contributed by atoms with Gasteiger partial charge in [-0.25, -0.2) is 0 Å². The lowest BCUT2D eigenvalue weighted by Crippen LogP contribution is -2.33. The van der Waals surface area contributed by atoms with Gasteiger partial charge in [-0.3, -0.25) is 0 Å². The molecule has 0 aromatic carbocycles. The van der Waals surface area contributed by atoms with Gasteiger partial charge in [0.15, 0.2) is 9.88 Å². The highest BCUT2D eigenvalue weighted by molar-refractivity contribution is 8.06. The van der Waals surface area contributed by atoms with Crippen molar-refractivity contribution in [1.82, 2.24) is 4.90 Å². The number of alkyl halides is 4. The van der Waals surface area contributed by atoms with E-state index < -0.39 is 21.8 Å².